The lowest BCUT2D eigenvalue weighted by molar-refractivity contribution is 0.0595. The first-order chi connectivity index (χ1) is 13.2. The quantitative estimate of drug-likeness (QED) is 0.755. The number of hydrogen-bond donors (Lipinski definition) is 1. The third-order valence-electron chi connectivity index (χ3n) is 6.28. The van der Waals surface area contributed by atoms with Gasteiger partial charge in [0, 0.05) is 24.1 Å². The third-order valence-corrected chi connectivity index (χ3v) is 6.28. The van der Waals surface area contributed by atoms with Crippen LogP contribution in [0, 0.1) is 6.92 Å². The molecule has 0 radical (unpaired) electrons. The second-order valence-corrected chi connectivity index (χ2v) is 7.62. The number of imidazole rings is 1. The summed E-state index contributed by atoms with van der Waals surface area (Å²) in [5.41, 5.74) is 6.53. The van der Waals surface area contributed by atoms with E-state index in [1.165, 1.54) is 16.7 Å². The van der Waals surface area contributed by atoms with Crippen molar-refractivity contribution in [3.05, 3.63) is 58.9 Å². The standard InChI is InChI=1S/C22H23N3O2/c1-13-20(27-2)8-6-14-11-19-16(21(13)14)4-3-9-25(19)22(26)15-5-7-17-18(10-15)24-12-23-17/h5-8,10,12,16,19H,3-4,9,11H2,1-2H3,(H,23,24)/t16?,19-/m0/s1. The van der Waals surface area contributed by atoms with Crippen molar-refractivity contribution in [1.29, 1.82) is 0 Å². The van der Waals surface area contributed by atoms with Gasteiger partial charge < -0.3 is 14.6 Å². The zero-order chi connectivity index (χ0) is 18.5. The summed E-state index contributed by atoms with van der Waals surface area (Å²) in [6.07, 6.45) is 4.77. The average molecular weight is 361 g/mol. The number of aromatic amines is 1. The van der Waals surface area contributed by atoms with E-state index in [9.17, 15) is 4.79 Å². The number of fused-ring (bicyclic) bond motifs is 4. The number of nitrogens with zero attached hydrogens (tertiary/aromatic N) is 2. The number of H-pyrrole nitrogens is 1. The molecule has 0 bridgehead atoms. The van der Waals surface area contributed by atoms with Crippen LogP contribution in [0.5, 0.6) is 5.75 Å². The zero-order valence-corrected chi connectivity index (χ0v) is 15.7. The normalized spacial score (nSPS) is 21.2. The van der Waals surface area contributed by atoms with Crippen molar-refractivity contribution in [3.8, 4) is 5.75 Å². The fraction of sp³-hybridized carbons (Fsp3) is 0.364. The van der Waals surface area contributed by atoms with Gasteiger partial charge in [-0.1, -0.05) is 6.07 Å². The van der Waals surface area contributed by atoms with Crippen LogP contribution in [0.15, 0.2) is 36.7 Å². The fourth-order valence-corrected chi connectivity index (χ4v) is 5.04. The Hall–Kier alpha value is -2.82. The Morgan fingerprint density at radius 2 is 2.19 bits per heavy atom. The minimum atomic E-state index is 0.124. The van der Waals surface area contributed by atoms with Gasteiger partial charge in [0.2, 0.25) is 0 Å². The van der Waals surface area contributed by atoms with Crippen LogP contribution in [0.4, 0.5) is 0 Å². The molecular weight excluding hydrogens is 338 g/mol. The molecule has 5 rings (SSSR count). The highest BCUT2D eigenvalue weighted by molar-refractivity contribution is 5.97. The van der Waals surface area contributed by atoms with Crippen molar-refractivity contribution >= 4 is 16.9 Å². The number of hydrogen-bond acceptors (Lipinski definition) is 3. The van der Waals surface area contributed by atoms with Crippen LogP contribution in [0.25, 0.3) is 11.0 Å². The molecule has 2 aliphatic rings. The summed E-state index contributed by atoms with van der Waals surface area (Å²) in [6, 6.07) is 10.2. The second-order valence-electron chi connectivity index (χ2n) is 7.62. The highest BCUT2D eigenvalue weighted by Crippen LogP contribution is 2.46. The summed E-state index contributed by atoms with van der Waals surface area (Å²) in [5, 5.41) is 0. The van der Waals surface area contributed by atoms with Crippen molar-refractivity contribution in [2.24, 2.45) is 0 Å². The molecule has 0 saturated carbocycles. The molecular formula is C22H23N3O2. The molecule has 1 amide bonds. The van der Waals surface area contributed by atoms with Gasteiger partial charge in [0.05, 0.1) is 24.5 Å². The maximum atomic E-state index is 13.3. The Bertz CT molecular complexity index is 1040. The number of piperidine rings is 1. The number of amides is 1. The lowest BCUT2D eigenvalue weighted by Gasteiger charge is -2.38. The van der Waals surface area contributed by atoms with E-state index in [2.05, 4.69) is 33.9 Å². The summed E-state index contributed by atoms with van der Waals surface area (Å²) in [7, 11) is 1.73. The van der Waals surface area contributed by atoms with Gasteiger partial charge in [-0.25, -0.2) is 4.98 Å². The van der Waals surface area contributed by atoms with Crippen molar-refractivity contribution in [1.82, 2.24) is 14.9 Å². The summed E-state index contributed by atoms with van der Waals surface area (Å²) in [6.45, 7) is 2.97. The first kappa shape index (κ1) is 16.4. The molecule has 2 atom stereocenters. The van der Waals surface area contributed by atoms with Gasteiger partial charge in [-0.3, -0.25) is 4.79 Å². The van der Waals surface area contributed by atoms with Crippen LogP contribution < -0.4 is 4.74 Å². The van der Waals surface area contributed by atoms with Crippen LogP contribution >= 0.6 is 0 Å². The molecule has 2 aromatic carbocycles. The second kappa shape index (κ2) is 6.12. The molecule has 1 N–H and O–H groups in total. The van der Waals surface area contributed by atoms with Crippen LogP contribution in [-0.2, 0) is 6.42 Å². The monoisotopic (exact) mass is 361 g/mol. The van der Waals surface area contributed by atoms with E-state index in [0.29, 0.717) is 5.92 Å². The molecule has 5 heteroatoms. The molecule has 27 heavy (non-hydrogen) atoms. The van der Waals surface area contributed by atoms with Gasteiger partial charge in [0.25, 0.3) is 5.91 Å². The van der Waals surface area contributed by atoms with Gasteiger partial charge in [-0.05, 0) is 67.1 Å². The Morgan fingerprint density at radius 3 is 3.04 bits per heavy atom. The Kier molecular flexibility index (Phi) is 3.71. The molecule has 138 valence electrons. The number of nitrogens with one attached hydrogen (secondary N) is 1. The Labute approximate surface area is 158 Å². The van der Waals surface area contributed by atoms with Crippen LogP contribution in [0.1, 0.15) is 45.8 Å². The van der Waals surface area contributed by atoms with E-state index >= 15 is 0 Å². The van der Waals surface area contributed by atoms with E-state index in [0.717, 1.165) is 48.2 Å². The topological polar surface area (TPSA) is 58.2 Å². The molecule has 1 saturated heterocycles. The third kappa shape index (κ3) is 2.45. The van der Waals surface area contributed by atoms with Crippen molar-refractivity contribution in [2.45, 2.75) is 38.1 Å². The highest BCUT2D eigenvalue weighted by Gasteiger charge is 2.42. The summed E-state index contributed by atoms with van der Waals surface area (Å²) >= 11 is 0. The predicted octanol–water partition coefficient (Wildman–Crippen LogP) is 3.82. The van der Waals surface area contributed by atoms with Crippen molar-refractivity contribution in [3.63, 3.8) is 0 Å². The first-order valence-electron chi connectivity index (χ1n) is 9.58. The molecule has 0 spiro atoms. The van der Waals surface area contributed by atoms with Gasteiger partial charge in [0.1, 0.15) is 5.75 Å². The lowest BCUT2D eigenvalue weighted by Crippen LogP contribution is -2.46. The average Bonchev–Trinajstić information content (AvgIpc) is 3.31. The number of carbonyl (C=O) groups excluding carboxylic acids is 1. The molecule has 1 unspecified atom stereocenters. The van der Waals surface area contributed by atoms with E-state index in [4.69, 9.17) is 4.74 Å². The summed E-state index contributed by atoms with van der Waals surface area (Å²) < 4.78 is 5.54. The lowest BCUT2D eigenvalue weighted by atomic mass is 9.86. The number of carbonyl (C=O) groups is 1. The van der Waals surface area contributed by atoms with Crippen molar-refractivity contribution in [2.75, 3.05) is 13.7 Å². The Morgan fingerprint density at radius 1 is 1.30 bits per heavy atom. The van der Waals surface area contributed by atoms with Crippen molar-refractivity contribution < 1.29 is 9.53 Å². The summed E-state index contributed by atoms with van der Waals surface area (Å²) in [4.78, 5) is 22.8. The van der Waals surface area contributed by atoms with E-state index in [1.54, 1.807) is 13.4 Å². The Balaban J connectivity index is 1.49. The molecule has 3 aromatic rings. The molecule has 2 heterocycles. The maximum absolute atomic E-state index is 13.3. The number of rotatable bonds is 2. The number of methoxy groups -OCH3 is 1. The number of benzene rings is 2. The molecule has 5 nitrogen and oxygen atoms in total. The molecule has 1 fully saturated rings. The summed E-state index contributed by atoms with van der Waals surface area (Å²) in [5.74, 6) is 1.48. The van der Waals surface area contributed by atoms with Crippen LogP contribution in [0.2, 0.25) is 0 Å². The zero-order valence-electron chi connectivity index (χ0n) is 15.7. The first-order valence-corrected chi connectivity index (χ1v) is 9.58. The van der Waals surface area contributed by atoms with Gasteiger partial charge in [0.15, 0.2) is 0 Å². The minimum Gasteiger partial charge on any atom is -0.496 e. The van der Waals surface area contributed by atoms with E-state index in [-0.39, 0.29) is 11.9 Å². The van der Waals surface area contributed by atoms with Gasteiger partial charge in [-0.2, -0.15) is 0 Å². The van der Waals surface area contributed by atoms with E-state index < -0.39 is 0 Å². The van der Waals surface area contributed by atoms with Gasteiger partial charge in [-0.15, -0.1) is 0 Å². The minimum absolute atomic E-state index is 0.124. The fourth-order valence-electron chi connectivity index (χ4n) is 5.04. The number of ether oxygens (including phenoxy) is 1. The van der Waals surface area contributed by atoms with E-state index in [1.807, 2.05) is 18.2 Å². The number of aromatic nitrogens is 2. The van der Waals surface area contributed by atoms with Gasteiger partial charge >= 0.3 is 0 Å². The maximum Gasteiger partial charge on any atom is 0.254 e. The number of likely N-dealkylation sites (tertiary alicyclic amines) is 1. The molecule has 1 aliphatic carbocycles. The predicted molar refractivity (Wildman–Crippen MR) is 104 cm³/mol. The largest absolute Gasteiger partial charge is 0.496 e. The van der Waals surface area contributed by atoms with Crippen LogP contribution in [-0.4, -0.2) is 40.5 Å². The SMILES string of the molecule is COc1ccc2c(c1C)C1CCCN(C(=O)c3ccc4nc[nH]c4c3)[C@H]1C2. The highest BCUT2D eigenvalue weighted by atomic mass is 16.5. The molecule has 1 aliphatic heterocycles. The van der Waals surface area contributed by atoms with Crippen LogP contribution in [0.3, 0.4) is 0 Å². The smallest absolute Gasteiger partial charge is 0.254 e. The molecule has 1 aromatic heterocycles.